The lowest BCUT2D eigenvalue weighted by Gasteiger charge is -2.10. The van der Waals surface area contributed by atoms with Crippen LogP contribution in [0.3, 0.4) is 0 Å². The number of hydrogen-bond donors (Lipinski definition) is 1. The fraction of sp³-hybridized carbons (Fsp3) is 0.667. The molecule has 15 heavy (non-hydrogen) atoms. The van der Waals surface area contributed by atoms with Crippen molar-refractivity contribution < 1.29 is 13.2 Å². The molecule has 6 heteroatoms. The van der Waals surface area contributed by atoms with Crippen LogP contribution in [-0.4, -0.2) is 22.5 Å². The first kappa shape index (κ1) is 12.0. The van der Waals surface area contributed by atoms with Crippen LogP contribution >= 0.6 is 0 Å². The van der Waals surface area contributed by atoms with Gasteiger partial charge in [-0.2, -0.15) is 18.3 Å². The molecule has 1 N–H and O–H groups in total. The topological polar surface area (TPSA) is 29.9 Å². The Labute approximate surface area is 86.3 Å². The van der Waals surface area contributed by atoms with Crippen LogP contribution in [0.4, 0.5) is 13.2 Å². The third-order valence-corrected chi connectivity index (χ3v) is 1.87. The molecule has 0 amide bonds. The predicted molar refractivity (Wildman–Crippen MR) is 50.3 cm³/mol. The fourth-order valence-electron chi connectivity index (χ4n) is 1.22. The molecule has 0 saturated heterocycles. The smallest absolute Gasteiger partial charge is 0.311 e. The van der Waals surface area contributed by atoms with Gasteiger partial charge >= 0.3 is 6.18 Å². The highest BCUT2D eigenvalue weighted by Gasteiger charge is 2.29. The van der Waals surface area contributed by atoms with Gasteiger partial charge in [0.15, 0.2) is 0 Å². The van der Waals surface area contributed by atoms with Gasteiger partial charge in [-0.1, -0.05) is 6.92 Å². The van der Waals surface area contributed by atoms with Crippen LogP contribution in [0.1, 0.15) is 19.0 Å². The van der Waals surface area contributed by atoms with Crippen LogP contribution in [-0.2, 0) is 13.1 Å². The average Bonchev–Trinajstić information content (AvgIpc) is 2.50. The Balaban J connectivity index is 2.53. The molecule has 0 bridgehead atoms. The SMILES string of the molecule is CCCNCc1ccnn1CC(F)(F)F. The van der Waals surface area contributed by atoms with Gasteiger partial charge in [-0.05, 0) is 19.0 Å². The van der Waals surface area contributed by atoms with Gasteiger partial charge < -0.3 is 5.32 Å². The van der Waals surface area contributed by atoms with Crippen LogP contribution in [0.5, 0.6) is 0 Å². The molecule has 0 radical (unpaired) electrons. The molecule has 0 aromatic carbocycles. The van der Waals surface area contributed by atoms with Gasteiger partial charge in [0.1, 0.15) is 6.54 Å². The maximum Gasteiger partial charge on any atom is 0.408 e. The Morgan fingerprint density at radius 1 is 1.47 bits per heavy atom. The monoisotopic (exact) mass is 221 g/mol. The maximum atomic E-state index is 12.1. The van der Waals surface area contributed by atoms with Gasteiger partial charge in [-0.15, -0.1) is 0 Å². The summed E-state index contributed by atoms with van der Waals surface area (Å²) in [6.07, 6.45) is -1.88. The fourth-order valence-corrected chi connectivity index (χ4v) is 1.22. The van der Waals surface area contributed by atoms with Gasteiger partial charge in [0.2, 0.25) is 0 Å². The Hall–Kier alpha value is -1.04. The normalized spacial score (nSPS) is 12.0. The first-order valence-corrected chi connectivity index (χ1v) is 4.81. The molecular weight excluding hydrogens is 207 g/mol. The summed E-state index contributed by atoms with van der Waals surface area (Å²) in [5, 5.41) is 6.67. The molecule has 0 aliphatic rings. The highest BCUT2D eigenvalue weighted by Crippen LogP contribution is 2.17. The van der Waals surface area contributed by atoms with Crippen molar-refractivity contribution in [2.45, 2.75) is 32.6 Å². The second-order valence-electron chi connectivity index (χ2n) is 3.27. The minimum Gasteiger partial charge on any atom is -0.311 e. The van der Waals surface area contributed by atoms with Crippen molar-refractivity contribution in [3.05, 3.63) is 18.0 Å². The molecule has 0 saturated carbocycles. The minimum absolute atomic E-state index is 0.421. The van der Waals surface area contributed by atoms with E-state index in [9.17, 15) is 13.2 Å². The Kier molecular flexibility index (Phi) is 4.14. The van der Waals surface area contributed by atoms with E-state index in [0.29, 0.717) is 12.2 Å². The number of aromatic nitrogens is 2. The van der Waals surface area contributed by atoms with Crippen molar-refractivity contribution in [2.75, 3.05) is 6.54 Å². The summed E-state index contributed by atoms with van der Waals surface area (Å²) < 4.78 is 37.3. The van der Waals surface area contributed by atoms with Crippen molar-refractivity contribution in [3.63, 3.8) is 0 Å². The molecule has 1 aromatic rings. The van der Waals surface area contributed by atoms with Crippen molar-refractivity contribution in [1.82, 2.24) is 15.1 Å². The number of halogens is 3. The number of alkyl halides is 3. The maximum absolute atomic E-state index is 12.1. The van der Waals surface area contributed by atoms with Gasteiger partial charge in [0.05, 0.1) is 5.69 Å². The van der Waals surface area contributed by atoms with Crippen LogP contribution in [0.15, 0.2) is 12.3 Å². The van der Waals surface area contributed by atoms with E-state index in [0.717, 1.165) is 17.6 Å². The highest BCUT2D eigenvalue weighted by molar-refractivity contribution is 5.00. The Morgan fingerprint density at radius 2 is 2.20 bits per heavy atom. The first-order chi connectivity index (χ1) is 7.03. The quantitative estimate of drug-likeness (QED) is 0.770. The number of nitrogens with one attached hydrogen (secondary N) is 1. The van der Waals surface area contributed by atoms with Crippen molar-refractivity contribution in [3.8, 4) is 0 Å². The lowest BCUT2D eigenvalue weighted by molar-refractivity contribution is -0.143. The van der Waals surface area contributed by atoms with Gasteiger partial charge in [0.25, 0.3) is 0 Å². The molecule has 0 aliphatic carbocycles. The van der Waals surface area contributed by atoms with Gasteiger partial charge in [0, 0.05) is 12.7 Å². The van der Waals surface area contributed by atoms with Gasteiger partial charge in [-0.3, -0.25) is 4.68 Å². The van der Waals surface area contributed by atoms with Gasteiger partial charge in [-0.25, -0.2) is 0 Å². The lowest BCUT2D eigenvalue weighted by atomic mass is 10.4. The molecule has 86 valence electrons. The molecule has 0 unspecified atom stereocenters. The zero-order valence-corrected chi connectivity index (χ0v) is 8.51. The van der Waals surface area contributed by atoms with E-state index < -0.39 is 12.7 Å². The molecular formula is C9H14F3N3. The summed E-state index contributed by atoms with van der Waals surface area (Å²) in [4.78, 5) is 0. The molecule has 0 spiro atoms. The lowest BCUT2D eigenvalue weighted by Crippen LogP contribution is -2.23. The van der Waals surface area contributed by atoms with Crippen molar-refractivity contribution in [2.24, 2.45) is 0 Å². The standard InChI is InChI=1S/C9H14F3N3/c1-2-4-13-6-8-3-5-14-15(8)7-9(10,11)12/h3,5,13H,2,4,6-7H2,1H3. The minimum atomic E-state index is -4.22. The van der Waals surface area contributed by atoms with E-state index in [2.05, 4.69) is 10.4 Å². The predicted octanol–water partition coefficient (Wildman–Crippen LogP) is 1.95. The second kappa shape index (κ2) is 5.16. The molecule has 0 atom stereocenters. The largest absolute Gasteiger partial charge is 0.408 e. The van der Waals surface area contributed by atoms with E-state index in [-0.39, 0.29) is 0 Å². The highest BCUT2D eigenvalue weighted by atomic mass is 19.4. The molecule has 0 fully saturated rings. The summed E-state index contributed by atoms with van der Waals surface area (Å²) >= 11 is 0. The molecule has 0 aliphatic heterocycles. The van der Waals surface area contributed by atoms with E-state index in [1.165, 1.54) is 6.20 Å². The molecule has 3 nitrogen and oxygen atoms in total. The third kappa shape index (κ3) is 4.33. The zero-order valence-electron chi connectivity index (χ0n) is 8.51. The van der Waals surface area contributed by atoms with E-state index in [1.807, 2.05) is 6.92 Å². The first-order valence-electron chi connectivity index (χ1n) is 4.81. The summed E-state index contributed by atoms with van der Waals surface area (Å²) in [5.41, 5.74) is 0.556. The van der Waals surface area contributed by atoms with Crippen LogP contribution in [0, 0.1) is 0 Å². The van der Waals surface area contributed by atoms with Crippen molar-refractivity contribution in [1.29, 1.82) is 0 Å². The Bertz CT molecular complexity index is 293. The summed E-state index contributed by atoms with van der Waals surface area (Å²) in [5.74, 6) is 0. The van der Waals surface area contributed by atoms with E-state index in [1.54, 1.807) is 6.07 Å². The number of nitrogens with zero attached hydrogens (tertiary/aromatic N) is 2. The summed E-state index contributed by atoms with van der Waals surface area (Å²) in [6.45, 7) is 2.18. The number of hydrogen-bond acceptors (Lipinski definition) is 2. The summed E-state index contributed by atoms with van der Waals surface area (Å²) in [7, 11) is 0. The van der Waals surface area contributed by atoms with E-state index >= 15 is 0 Å². The van der Waals surface area contributed by atoms with E-state index in [4.69, 9.17) is 0 Å². The van der Waals surface area contributed by atoms with Crippen molar-refractivity contribution >= 4 is 0 Å². The van der Waals surface area contributed by atoms with Crippen LogP contribution < -0.4 is 5.32 Å². The van der Waals surface area contributed by atoms with Crippen LogP contribution in [0.25, 0.3) is 0 Å². The Morgan fingerprint density at radius 3 is 2.80 bits per heavy atom. The average molecular weight is 221 g/mol. The van der Waals surface area contributed by atoms with Crippen LogP contribution in [0.2, 0.25) is 0 Å². The molecule has 1 heterocycles. The second-order valence-corrected chi connectivity index (χ2v) is 3.27. The summed E-state index contributed by atoms with van der Waals surface area (Å²) in [6, 6.07) is 1.59. The zero-order chi connectivity index (χ0) is 11.3. The molecule has 1 aromatic heterocycles. The third-order valence-electron chi connectivity index (χ3n) is 1.87. The number of rotatable bonds is 5. The molecule has 1 rings (SSSR count).